The number of likely N-dealkylation sites (tertiary alicyclic amines) is 1. The molecular weight excluding hydrogens is 338 g/mol. The fourth-order valence-corrected chi connectivity index (χ4v) is 4.43. The van der Waals surface area contributed by atoms with Crippen molar-refractivity contribution >= 4 is 17.5 Å². The quantitative estimate of drug-likeness (QED) is 0.844. The highest BCUT2D eigenvalue weighted by Gasteiger charge is 2.35. The zero-order valence-corrected chi connectivity index (χ0v) is 14.9. The number of hydrogen-bond donors (Lipinski definition) is 0. The predicted molar refractivity (Wildman–Crippen MR) is 95.0 cm³/mol. The molecule has 2 atom stereocenters. The van der Waals surface area contributed by atoms with Gasteiger partial charge in [0, 0.05) is 18.2 Å². The Bertz CT molecular complexity index is 759. The Labute approximate surface area is 152 Å². The van der Waals surface area contributed by atoms with Gasteiger partial charge in [0.2, 0.25) is 11.7 Å². The van der Waals surface area contributed by atoms with Crippen molar-refractivity contribution in [2.24, 2.45) is 5.92 Å². The summed E-state index contributed by atoms with van der Waals surface area (Å²) in [5.41, 5.74) is 0.730. The van der Waals surface area contributed by atoms with Gasteiger partial charge >= 0.3 is 0 Å². The summed E-state index contributed by atoms with van der Waals surface area (Å²) in [6.07, 6.45) is 7.27. The lowest BCUT2D eigenvalue weighted by atomic mass is 9.78. The van der Waals surface area contributed by atoms with E-state index in [4.69, 9.17) is 11.6 Å². The average molecular weight is 360 g/mol. The van der Waals surface area contributed by atoms with Crippen LogP contribution >= 0.6 is 11.6 Å². The highest BCUT2D eigenvalue weighted by molar-refractivity contribution is 6.33. The number of amides is 1. The number of carbonyl (C=O) groups excluding carboxylic acids is 1. The first-order valence-electron chi connectivity index (χ1n) is 9.04. The van der Waals surface area contributed by atoms with Crippen LogP contribution in [0.5, 0.6) is 0 Å². The number of halogens is 1. The molecule has 2 heterocycles. The Hall–Kier alpha value is -1.95. The molecule has 0 unspecified atom stereocenters. The Morgan fingerprint density at radius 3 is 2.84 bits per heavy atom. The van der Waals surface area contributed by atoms with Gasteiger partial charge in [-0.05, 0) is 48.9 Å². The van der Waals surface area contributed by atoms with Crippen LogP contribution in [0, 0.1) is 5.92 Å². The number of piperidine rings is 1. The minimum Gasteiger partial charge on any atom is -0.338 e. The topological polar surface area (TPSA) is 63.9 Å². The van der Waals surface area contributed by atoms with Crippen molar-refractivity contribution in [2.75, 3.05) is 6.54 Å². The van der Waals surface area contributed by atoms with Crippen molar-refractivity contribution in [2.45, 2.75) is 51.1 Å². The molecule has 1 aliphatic carbocycles. The minimum atomic E-state index is 0.0970. The molecule has 1 aromatic heterocycles. The fourth-order valence-electron chi connectivity index (χ4n) is 4.21. The Morgan fingerprint density at radius 1 is 1.16 bits per heavy atom. The lowest BCUT2D eigenvalue weighted by Gasteiger charge is -2.44. The van der Waals surface area contributed by atoms with E-state index in [1.807, 2.05) is 18.2 Å². The van der Waals surface area contributed by atoms with Crippen molar-refractivity contribution in [3.8, 4) is 11.4 Å². The van der Waals surface area contributed by atoms with E-state index in [0.717, 1.165) is 24.9 Å². The fraction of sp³-hybridized carbons (Fsp3) is 0.556. The molecule has 0 spiro atoms. The van der Waals surface area contributed by atoms with Gasteiger partial charge in [-0.15, -0.1) is 10.2 Å². The predicted octanol–water partition coefficient (Wildman–Crippen LogP) is 3.17. The van der Waals surface area contributed by atoms with Gasteiger partial charge in [0.1, 0.15) is 6.54 Å². The first-order valence-corrected chi connectivity index (χ1v) is 9.42. The molecule has 1 amide bonds. The van der Waals surface area contributed by atoms with E-state index in [2.05, 4.69) is 20.3 Å². The van der Waals surface area contributed by atoms with Crippen molar-refractivity contribution in [1.82, 2.24) is 25.1 Å². The van der Waals surface area contributed by atoms with Crippen LogP contribution in [0.25, 0.3) is 11.4 Å². The summed E-state index contributed by atoms with van der Waals surface area (Å²) in [7, 11) is 0. The summed E-state index contributed by atoms with van der Waals surface area (Å²) < 4.78 is 0. The van der Waals surface area contributed by atoms with Crippen LogP contribution in [-0.4, -0.2) is 43.6 Å². The van der Waals surface area contributed by atoms with Gasteiger partial charge in [-0.2, -0.15) is 4.80 Å². The van der Waals surface area contributed by atoms with E-state index in [9.17, 15) is 4.79 Å². The third-order valence-electron chi connectivity index (χ3n) is 5.41. The largest absolute Gasteiger partial charge is 0.338 e. The molecule has 1 saturated heterocycles. The van der Waals surface area contributed by atoms with Crippen LogP contribution in [0.3, 0.4) is 0 Å². The van der Waals surface area contributed by atoms with Gasteiger partial charge in [0.15, 0.2) is 0 Å². The molecule has 6 nitrogen and oxygen atoms in total. The third kappa shape index (κ3) is 3.40. The zero-order chi connectivity index (χ0) is 17.2. The van der Waals surface area contributed by atoms with Crippen LogP contribution < -0.4 is 0 Å². The van der Waals surface area contributed by atoms with E-state index >= 15 is 0 Å². The summed E-state index contributed by atoms with van der Waals surface area (Å²) in [5, 5.41) is 13.0. The molecule has 25 heavy (non-hydrogen) atoms. The van der Waals surface area contributed by atoms with E-state index in [-0.39, 0.29) is 12.5 Å². The van der Waals surface area contributed by atoms with E-state index in [1.54, 1.807) is 6.07 Å². The van der Waals surface area contributed by atoms with Gasteiger partial charge in [-0.3, -0.25) is 4.79 Å². The Balaban J connectivity index is 1.47. The van der Waals surface area contributed by atoms with Gasteiger partial charge in [0.25, 0.3) is 0 Å². The lowest BCUT2D eigenvalue weighted by Crippen LogP contribution is -2.50. The van der Waals surface area contributed by atoms with E-state index in [1.165, 1.54) is 30.5 Å². The first-order chi connectivity index (χ1) is 12.2. The maximum atomic E-state index is 12.8. The van der Waals surface area contributed by atoms with Gasteiger partial charge in [0.05, 0.1) is 5.02 Å². The SMILES string of the molecule is O=C(Cn1nnc(-c2ccccc2Cl)n1)N1CCC[C@@H]2CCCC[C@H]21. The molecule has 2 fully saturated rings. The number of hydrogen-bond acceptors (Lipinski definition) is 4. The molecule has 0 radical (unpaired) electrons. The molecule has 132 valence electrons. The number of tetrazole rings is 1. The van der Waals surface area contributed by atoms with Gasteiger partial charge < -0.3 is 4.90 Å². The van der Waals surface area contributed by atoms with E-state index < -0.39 is 0 Å². The molecule has 2 aromatic rings. The second kappa shape index (κ2) is 7.12. The maximum Gasteiger partial charge on any atom is 0.246 e. The Kier molecular flexibility index (Phi) is 4.70. The second-order valence-electron chi connectivity index (χ2n) is 6.96. The van der Waals surface area contributed by atoms with Crippen LogP contribution in [0.4, 0.5) is 0 Å². The number of rotatable bonds is 3. The molecular formula is C18H22ClN5O. The summed E-state index contributed by atoms with van der Waals surface area (Å²) in [5.74, 6) is 1.22. The highest BCUT2D eigenvalue weighted by Crippen LogP contribution is 2.35. The van der Waals surface area contributed by atoms with Crippen LogP contribution in [0.1, 0.15) is 38.5 Å². The van der Waals surface area contributed by atoms with Crippen LogP contribution in [-0.2, 0) is 11.3 Å². The lowest BCUT2D eigenvalue weighted by molar-refractivity contribution is -0.138. The second-order valence-corrected chi connectivity index (χ2v) is 7.37. The summed E-state index contributed by atoms with van der Waals surface area (Å²) in [4.78, 5) is 16.3. The minimum absolute atomic E-state index is 0.0970. The molecule has 0 bridgehead atoms. The number of fused-ring (bicyclic) bond motifs is 1. The number of carbonyl (C=O) groups is 1. The average Bonchev–Trinajstić information content (AvgIpc) is 3.09. The number of benzene rings is 1. The number of nitrogens with zero attached hydrogens (tertiary/aromatic N) is 5. The molecule has 1 aliphatic heterocycles. The molecule has 1 aromatic carbocycles. The van der Waals surface area contributed by atoms with Gasteiger partial charge in [-0.1, -0.05) is 36.6 Å². The smallest absolute Gasteiger partial charge is 0.246 e. The highest BCUT2D eigenvalue weighted by atomic mass is 35.5. The summed E-state index contributed by atoms with van der Waals surface area (Å²) >= 11 is 6.18. The summed E-state index contributed by atoms with van der Waals surface area (Å²) in [6, 6.07) is 7.78. The normalized spacial score (nSPS) is 23.3. The molecule has 4 rings (SSSR count). The summed E-state index contributed by atoms with van der Waals surface area (Å²) in [6.45, 7) is 0.993. The van der Waals surface area contributed by atoms with Crippen molar-refractivity contribution in [1.29, 1.82) is 0 Å². The van der Waals surface area contributed by atoms with Crippen LogP contribution in [0.15, 0.2) is 24.3 Å². The molecule has 7 heteroatoms. The number of aromatic nitrogens is 4. The monoisotopic (exact) mass is 359 g/mol. The van der Waals surface area contributed by atoms with Crippen molar-refractivity contribution in [3.63, 3.8) is 0 Å². The van der Waals surface area contributed by atoms with Gasteiger partial charge in [-0.25, -0.2) is 0 Å². The van der Waals surface area contributed by atoms with Crippen molar-refractivity contribution < 1.29 is 4.79 Å². The third-order valence-corrected chi connectivity index (χ3v) is 5.74. The standard InChI is InChI=1S/C18H22ClN5O/c19-15-9-3-2-8-14(15)18-20-22-24(21-18)12-17(25)23-11-5-7-13-6-1-4-10-16(13)23/h2-3,8-9,13,16H,1,4-7,10-12H2/t13-,16+/m0/s1. The van der Waals surface area contributed by atoms with Crippen molar-refractivity contribution in [3.05, 3.63) is 29.3 Å². The molecule has 2 aliphatic rings. The first kappa shape index (κ1) is 16.5. The Morgan fingerprint density at radius 2 is 1.96 bits per heavy atom. The van der Waals surface area contributed by atoms with Crippen LogP contribution in [0.2, 0.25) is 5.02 Å². The maximum absolute atomic E-state index is 12.8. The van der Waals surface area contributed by atoms with E-state index in [0.29, 0.717) is 22.8 Å². The molecule has 1 saturated carbocycles. The zero-order valence-electron chi connectivity index (χ0n) is 14.1. The molecule has 0 N–H and O–H groups in total.